The number of anilines is 1. The van der Waals surface area contributed by atoms with E-state index in [1.54, 1.807) is 12.7 Å². The number of imidazole rings is 2. The van der Waals surface area contributed by atoms with Crippen LogP contribution in [-0.2, 0) is 15.9 Å². The molecule has 0 saturated carbocycles. The normalized spacial score (nSPS) is 19.0. The molecule has 1 N–H and O–H groups in total. The van der Waals surface area contributed by atoms with Crippen LogP contribution in [0.5, 0.6) is 0 Å². The number of halogens is 3. The second-order valence-corrected chi connectivity index (χ2v) is 11.1. The summed E-state index contributed by atoms with van der Waals surface area (Å²) in [6.45, 7) is 2.28. The molecule has 14 heteroatoms. The minimum Gasteiger partial charge on any atom is -0.368 e. The Morgan fingerprint density at radius 1 is 0.738 bits per heavy atom. The molecule has 0 radical (unpaired) electrons. The van der Waals surface area contributed by atoms with Crippen molar-refractivity contribution in [2.75, 3.05) is 25.1 Å². The molecule has 4 aromatic heterocycles. The smallest absolute Gasteiger partial charge is 0.226 e. The lowest BCUT2D eigenvalue weighted by Crippen LogP contribution is -2.18. The number of fused-ring (bicyclic) bond motifs is 2. The first-order chi connectivity index (χ1) is 20.6. The van der Waals surface area contributed by atoms with E-state index in [1.807, 2.05) is 27.3 Å². The fraction of sp³-hybridized carbons (Fsp3) is 0.429. The first-order valence-electron chi connectivity index (χ1n) is 14.0. The van der Waals surface area contributed by atoms with Gasteiger partial charge < -0.3 is 14.8 Å². The summed E-state index contributed by atoms with van der Waals surface area (Å²) in [5.41, 5.74) is 3.90. The molecule has 0 aliphatic carbocycles. The van der Waals surface area contributed by atoms with Crippen LogP contribution in [0.3, 0.4) is 0 Å². The molecule has 220 valence electrons. The highest BCUT2D eigenvalue weighted by Crippen LogP contribution is 2.29. The Bertz CT molecular complexity index is 1630. The monoisotopic (exact) mass is 629 g/mol. The molecule has 6 heterocycles. The zero-order valence-electron chi connectivity index (χ0n) is 22.8. The number of hydrogen-bond acceptors (Lipinski definition) is 9. The Labute approximate surface area is 257 Å². The molecule has 2 unspecified atom stereocenters. The van der Waals surface area contributed by atoms with E-state index in [0.717, 1.165) is 70.2 Å². The minimum atomic E-state index is -0.0317. The highest BCUT2D eigenvalue weighted by Gasteiger charge is 2.22. The number of aromatic nitrogens is 8. The van der Waals surface area contributed by atoms with E-state index in [1.165, 1.54) is 5.56 Å². The first-order valence-corrected chi connectivity index (χ1v) is 15.2. The van der Waals surface area contributed by atoms with Crippen LogP contribution in [0.2, 0.25) is 15.7 Å². The van der Waals surface area contributed by atoms with Crippen LogP contribution in [0, 0.1) is 0 Å². The van der Waals surface area contributed by atoms with Gasteiger partial charge in [0, 0.05) is 19.8 Å². The highest BCUT2D eigenvalue weighted by atomic mass is 35.5. The fourth-order valence-electron chi connectivity index (χ4n) is 5.15. The summed E-state index contributed by atoms with van der Waals surface area (Å²) in [6.07, 6.45) is 10.7. The molecular weight excluding hydrogens is 601 g/mol. The summed E-state index contributed by atoms with van der Waals surface area (Å²) < 4.78 is 15.4. The van der Waals surface area contributed by atoms with Crippen molar-refractivity contribution in [3.63, 3.8) is 0 Å². The molecule has 0 bridgehead atoms. The lowest BCUT2D eigenvalue weighted by molar-refractivity contribution is -0.0299. The van der Waals surface area contributed by atoms with Crippen LogP contribution in [0.25, 0.3) is 22.3 Å². The van der Waals surface area contributed by atoms with E-state index < -0.39 is 0 Å². The van der Waals surface area contributed by atoms with Gasteiger partial charge in [0.1, 0.15) is 18.0 Å². The zero-order valence-corrected chi connectivity index (χ0v) is 25.1. The molecule has 2 saturated heterocycles. The number of hydrogen-bond donors (Lipinski definition) is 1. The summed E-state index contributed by atoms with van der Waals surface area (Å²) >= 11 is 17.9. The summed E-state index contributed by atoms with van der Waals surface area (Å²) in [4.78, 5) is 25.4. The van der Waals surface area contributed by atoms with Crippen molar-refractivity contribution in [3.8, 4) is 0 Å². The molecule has 0 spiro atoms. The van der Waals surface area contributed by atoms with Crippen molar-refractivity contribution >= 4 is 62.9 Å². The van der Waals surface area contributed by atoms with Gasteiger partial charge in [-0.25, -0.2) is 15.0 Å². The molecule has 2 aliphatic rings. The van der Waals surface area contributed by atoms with Crippen molar-refractivity contribution in [1.82, 2.24) is 39.0 Å². The summed E-state index contributed by atoms with van der Waals surface area (Å²) in [5.74, 6) is 0.667. The SMILES string of the molecule is Clc1nc(Cl)c2ncn(C3CCCCO3)c2n1.Clc1nc(NCCc2ccccc2)c2ncn(C3CCCCO3)c2n1. The molecule has 2 atom stereocenters. The van der Waals surface area contributed by atoms with Crippen LogP contribution in [0.4, 0.5) is 5.82 Å². The van der Waals surface area contributed by atoms with E-state index in [9.17, 15) is 0 Å². The standard InChI is InChI=1S/C18H20ClN5O.C10H10Cl2N4O/c19-18-22-16(20-10-9-13-6-2-1-3-7-13)15-17(23-18)24(12-21-15)14-8-4-5-11-25-14;11-8-7-9(15-10(12)14-8)16(5-13-7)6-3-1-2-4-17-6/h1-3,6-7,12,14H,4-5,8-11H2,(H,20,22,23);5-6H,1-4H2. The third-order valence-corrected chi connectivity index (χ3v) is 7.83. The Morgan fingerprint density at radius 3 is 1.95 bits per heavy atom. The van der Waals surface area contributed by atoms with Gasteiger partial charge in [0.2, 0.25) is 10.6 Å². The van der Waals surface area contributed by atoms with Gasteiger partial charge >= 0.3 is 0 Å². The van der Waals surface area contributed by atoms with Gasteiger partial charge in [-0.15, -0.1) is 0 Å². The topological polar surface area (TPSA) is 118 Å². The van der Waals surface area contributed by atoms with E-state index in [-0.39, 0.29) is 28.2 Å². The van der Waals surface area contributed by atoms with Crippen molar-refractivity contribution in [3.05, 3.63) is 64.3 Å². The Morgan fingerprint density at radius 2 is 1.33 bits per heavy atom. The second-order valence-electron chi connectivity index (χ2n) is 10.1. The van der Waals surface area contributed by atoms with E-state index in [2.05, 4.69) is 47.4 Å². The van der Waals surface area contributed by atoms with Gasteiger partial charge in [-0.3, -0.25) is 9.13 Å². The van der Waals surface area contributed by atoms with Crippen LogP contribution in [0.1, 0.15) is 56.5 Å². The van der Waals surface area contributed by atoms with Crippen LogP contribution in [-0.4, -0.2) is 58.8 Å². The molecule has 7 rings (SSSR count). The molecule has 42 heavy (non-hydrogen) atoms. The Hall–Kier alpha value is -3.09. The molecular formula is C28H30Cl3N9O2. The predicted molar refractivity (Wildman–Crippen MR) is 162 cm³/mol. The lowest BCUT2D eigenvalue weighted by atomic mass is 10.1. The predicted octanol–water partition coefficient (Wildman–Crippen LogP) is 6.67. The van der Waals surface area contributed by atoms with E-state index in [0.29, 0.717) is 22.6 Å². The maximum absolute atomic E-state index is 6.14. The first kappa shape index (κ1) is 29.0. The molecule has 2 fully saturated rings. The molecule has 1 aromatic carbocycles. The van der Waals surface area contributed by atoms with Crippen molar-refractivity contribution < 1.29 is 9.47 Å². The van der Waals surface area contributed by atoms with Gasteiger partial charge in [0.25, 0.3) is 0 Å². The van der Waals surface area contributed by atoms with Gasteiger partial charge in [0.05, 0.1) is 12.7 Å². The number of nitrogens with zero attached hydrogens (tertiary/aromatic N) is 8. The minimum absolute atomic E-state index is 0.0260. The average molecular weight is 631 g/mol. The maximum atomic E-state index is 6.14. The van der Waals surface area contributed by atoms with Crippen LogP contribution >= 0.6 is 34.8 Å². The Balaban J connectivity index is 0.000000162. The highest BCUT2D eigenvalue weighted by molar-refractivity contribution is 6.35. The molecule has 5 aromatic rings. The van der Waals surface area contributed by atoms with E-state index in [4.69, 9.17) is 44.3 Å². The number of rotatable bonds is 6. The van der Waals surface area contributed by atoms with Crippen molar-refractivity contribution in [2.45, 2.75) is 57.4 Å². The molecule has 2 aliphatic heterocycles. The number of nitrogens with one attached hydrogen (secondary N) is 1. The third kappa shape index (κ3) is 6.60. The van der Waals surface area contributed by atoms with Gasteiger partial charge in [-0.1, -0.05) is 41.9 Å². The summed E-state index contributed by atoms with van der Waals surface area (Å²) in [7, 11) is 0. The van der Waals surface area contributed by atoms with Crippen molar-refractivity contribution in [1.29, 1.82) is 0 Å². The zero-order chi connectivity index (χ0) is 28.9. The molecule has 11 nitrogen and oxygen atoms in total. The van der Waals surface area contributed by atoms with Gasteiger partial charge in [-0.2, -0.15) is 15.0 Å². The molecule has 0 amide bonds. The summed E-state index contributed by atoms with van der Waals surface area (Å²) in [5, 5.41) is 3.95. The van der Waals surface area contributed by atoms with Gasteiger partial charge in [-0.05, 0) is 73.7 Å². The fourth-order valence-corrected chi connectivity index (χ4v) is 5.73. The third-order valence-electron chi connectivity index (χ3n) is 7.23. The van der Waals surface area contributed by atoms with Gasteiger partial charge in [0.15, 0.2) is 27.8 Å². The summed E-state index contributed by atoms with van der Waals surface area (Å²) in [6, 6.07) is 10.3. The lowest BCUT2D eigenvalue weighted by Gasteiger charge is -2.23. The largest absolute Gasteiger partial charge is 0.368 e. The van der Waals surface area contributed by atoms with Crippen LogP contribution < -0.4 is 5.32 Å². The quantitative estimate of drug-likeness (QED) is 0.162. The number of benzene rings is 1. The Kier molecular flexibility index (Phi) is 9.30. The average Bonchev–Trinajstić information content (AvgIpc) is 3.64. The van der Waals surface area contributed by atoms with Crippen molar-refractivity contribution in [2.24, 2.45) is 0 Å². The maximum Gasteiger partial charge on any atom is 0.226 e. The second kappa shape index (κ2) is 13.5. The van der Waals surface area contributed by atoms with E-state index >= 15 is 0 Å². The number of ether oxygens (including phenoxy) is 2. The van der Waals surface area contributed by atoms with Crippen LogP contribution in [0.15, 0.2) is 43.0 Å².